The predicted molar refractivity (Wildman–Crippen MR) is 65.1 cm³/mol. The van der Waals surface area contributed by atoms with Gasteiger partial charge in [-0.15, -0.1) is 0 Å². The monoisotopic (exact) mass is 219 g/mol. The van der Waals surface area contributed by atoms with Gasteiger partial charge in [-0.3, -0.25) is 0 Å². The molecule has 1 saturated carbocycles. The standard InChI is InChI=1S/C13H21N3/c1-4-10(14)5-9-7-15-12(16-8-9)11-6-13(11,2)3/h7-8,10-11H,4-6,14H2,1-3H3. The molecule has 0 amide bonds. The topological polar surface area (TPSA) is 51.8 Å². The Balaban J connectivity index is 2.00. The number of aromatic nitrogens is 2. The summed E-state index contributed by atoms with van der Waals surface area (Å²) in [6.07, 6.45) is 6.96. The fourth-order valence-corrected chi connectivity index (χ4v) is 2.01. The maximum absolute atomic E-state index is 5.90. The molecule has 0 bridgehead atoms. The molecule has 1 aliphatic carbocycles. The number of hydrogen-bond acceptors (Lipinski definition) is 3. The molecule has 16 heavy (non-hydrogen) atoms. The van der Waals surface area contributed by atoms with Crippen molar-refractivity contribution in [2.24, 2.45) is 11.1 Å². The summed E-state index contributed by atoms with van der Waals surface area (Å²) in [7, 11) is 0. The Labute approximate surface area is 97.5 Å². The van der Waals surface area contributed by atoms with Gasteiger partial charge in [0.25, 0.3) is 0 Å². The minimum absolute atomic E-state index is 0.229. The molecule has 1 aliphatic rings. The van der Waals surface area contributed by atoms with Gasteiger partial charge in [0.2, 0.25) is 0 Å². The van der Waals surface area contributed by atoms with Crippen molar-refractivity contribution >= 4 is 0 Å². The van der Waals surface area contributed by atoms with Gasteiger partial charge >= 0.3 is 0 Å². The highest BCUT2D eigenvalue weighted by atomic mass is 14.9. The minimum Gasteiger partial charge on any atom is -0.327 e. The molecule has 1 aromatic heterocycles. The molecule has 3 heteroatoms. The van der Waals surface area contributed by atoms with E-state index in [-0.39, 0.29) is 6.04 Å². The van der Waals surface area contributed by atoms with Crippen LogP contribution in [0.5, 0.6) is 0 Å². The minimum atomic E-state index is 0.229. The second kappa shape index (κ2) is 4.13. The third kappa shape index (κ3) is 2.40. The summed E-state index contributed by atoms with van der Waals surface area (Å²) in [5.74, 6) is 1.56. The van der Waals surface area contributed by atoms with Crippen LogP contribution in [0.15, 0.2) is 12.4 Å². The van der Waals surface area contributed by atoms with E-state index in [1.54, 1.807) is 0 Å². The Kier molecular flexibility index (Phi) is 2.98. The molecule has 1 heterocycles. The van der Waals surface area contributed by atoms with Crippen molar-refractivity contribution in [2.75, 3.05) is 0 Å². The van der Waals surface area contributed by atoms with Gasteiger partial charge < -0.3 is 5.73 Å². The quantitative estimate of drug-likeness (QED) is 0.845. The average Bonchev–Trinajstić information content (AvgIpc) is 2.89. The molecule has 88 valence electrons. The average molecular weight is 219 g/mol. The van der Waals surface area contributed by atoms with Crippen molar-refractivity contribution in [3.8, 4) is 0 Å². The van der Waals surface area contributed by atoms with Crippen LogP contribution in [-0.4, -0.2) is 16.0 Å². The lowest BCUT2D eigenvalue weighted by Gasteiger charge is -2.08. The summed E-state index contributed by atoms with van der Waals surface area (Å²) in [5, 5.41) is 0. The number of hydrogen-bond donors (Lipinski definition) is 1. The molecule has 0 spiro atoms. The van der Waals surface area contributed by atoms with Crippen LogP contribution in [0.2, 0.25) is 0 Å². The first-order valence-electron chi connectivity index (χ1n) is 6.09. The van der Waals surface area contributed by atoms with E-state index in [9.17, 15) is 0 Å². The Morgan fingerprint density at radius 3 is 2.44 bits per heavy atom. The van der Waals surface area contributed by atoms with Gasteiger partial charge in [-0.1, -0.05) is 20.8 Å². The largest absolute Gasteiger partial charge is 0.327 e. The molecule has 1 fully saturated rings. The van der Waals surface area contributed by atoms with E-state index in [1.807, 2.05) is 12.4 Å². The molecule has 2 rings (SSSR count). The first kappa shape index (κ1) is 11.5. The summed E-state index contributed by atoms with van der Waals surface area (Å²) >= 11 is 0. The maximum Gasteiger partial charge on any atom is 0.131 e. The van der Waals surface area contributed by atoms with Gasteiger partial charge in [-0.2, -0.15) is 0 Å². The van der Waals surface area contributed by atoms with Crippen molar-refractivity contribution in [3.05, 3.63) is 23.8 Å². The van der Waals surface area contributed by atoms with Crippen molar-refractivity contribution in [1.29, 1.82) is 0 Å². The first-order valence-corrected chi connectivity index (χ1v) is 6.09. The van der Waals surface area contributed by atoms with Crippen LogP contribution in [0.1, 0.15) is 50.9 Å². The Morgan fingerprint density at radius 2 is 2.00 bits per heavy atom. The molecule has 0 radical (unpaired) electrons. The van der Waals surface area contributed by atoms with Crippen molar-refractivity contribution in [3.63, 3.8) is 0 Å². The van der Waals surface area contributed by atoms with Gasteiger partial charge in [-0.25, -0.2) is 9.97 Å². The van der Waals surface area contributed by atoms with Crippen molar-refractivity contribution in [1.82, 2.24) is 9.97 Å². The van der Waals surface area contributed by atoms with Crippen molar-refractivity contribution in [2.45, 2.75) is 52.0 Å². The molecule has 2 atom stereocenters. The van der Waals surface area contributed by atoms with E-state index in [2.05, 4.69) is 30.7 Å². The fraction of sp³-hybridized carbons (Fsp3) is 0.692. The van der Waals surface area contributed by atoms with Crippen LogP contribution in [0.4, 0.5) is 0 Å². The number of nitrogens with two attached hydrogens (primary N) is 1. The van der Waals surface area contributed by atoms with Crippen LogP contribution in [0, 0.1) is 5.41 Å². The van der Waals surface area contributed by atoms with E-state index in [1.165, 1.54) is 6.42 Å². The summed E-state index contributed by atoms with van der Waals surface area (Å²) in [4.78, 5) is 8.91. The Bertz CT molecular complexity index is 356. The normalized spacial score (nSPS) is 24.1. The summed E-state index contributed by atoms with van der Waals surface area (Å²) < 4.78 is 0. The highest BCUT2D eigenvalue weighted by Gasteiger charge is 2.48. The van der Waals surface area contributed by atoms with E-state index < -0.39 is 0 Å². The molecular weight excluding hydrogens is 198 g/mol. The van der Waals surface area contributed by atoms with E-state index >= 15 is 0 Å². The molecule has 2 N–H and O–H groups in total. The smallest absolute Gasteiger partial charge is 0.131 e. The second-order valence-electron chi connectivity index (χ2n) is 5.57. The van der Waals surface area contributed by atoms with E-state index in [4.69, 9.17) is 5.73 Å². The van der Waals surface area contributed by atoms with Crippen LogP contribution in [-0.2, 0) is 6.42 Å². The van der Waals surface area contributed by atoms with Gasteiger partial charge in [-0.05, 0) is 30.2 Å². The highest BCUT2D eigenvalue weighted by Crippen LogP contribution is 2.57. The van der Waals surface area contributed by atoms with E-state index in [0.29, 0.717) is 11.3 Å². The third-order valence-electron chi connectivity index (χ3n) is 3.57. The molecular formula is C13H21N3. The highest BCUT2D eigenvalue weighted by molar-refractivity contribution is 5.17. The fourth-order valence-electron chi connectivity index (χ4n) is 2.01. The van der Waals surface area contributed by atoms with Gasteiger partial charge in [0.15, 0.2) is 0 Å². The van der Waals surface area contributed by atoms with Gasteiger partial charge in [0.05, 0.1) is 0 Å². The van der Waals surface area contributed by atoms with E-state index in [0.717, 1.165) is 24.2 Å². The van der Waals surface area contributed by atoms with Crippen molar-refractivity contribution < 1.29 is 0 Å². The SMILES string of the molecule is CCC(N)Cc1cnc(C2CC2(C)C)nc1. The van der Waals surface area contributed by atoms with Crippen LogP contribution in [0.25, 0.3) is 0 Å². The summed E-state index contributed by atoms with van der Waals surface area (Å²) in [6.45, 7) is 6.64. The molecule has 0 aliphatic heterocycles. The second-order valence-corrected chi connectivity index (χ2v) is 5.57. The van der Waals surface area contributed by atoms with Gasteiger partial charge in [0, 0.05) is 24.4 Å². The molecule has 0 saturated heterocycles. The zero-order valence-electron chi connectivity index (χ0n) is 10.4. The van der Waals surface area contributed by atoms with Crippen LogP contribution < -0.4 is 5.73 Å². The lowest BCUT2D eigenvalue weighted by atomic mass is 10.1. The zero-order chi connectivity index (χ0) is 11.8. The summed E-state index contributed by atoms with van der Waals surface area (Å²) in [5.41, 5.74) is 7.46. The first-order chi connectivity index (χ1) is 7.53. The van der Waals surface area contributed by atoms with Crippen LogP contribution >= 0.6 is 0 Å². The molecule has 3 nitrogen and oxygen atoms in total. The van der Waals surface area contributed by atoms with Gasteiger partial charge in [0.1, 0.15) is 5.82 Å². The van der Waals surface area contributed by atoms with Crippen LogP contribution in [0.3, 0.4) is 0 Å². The Hall–Kier alpha value is -0.960. The maximum atomic E-state index is 5.90. The number of rotatable bonds is 4. The third-order valence-corrected chi connectivity index (χ3v) is 3.57. The molecule has 2 unspecified atom stereocenters. The zero-order valence-corrected chi connectivity index (χ0v) is 10.4. The lowest BCUT2D eigenvalue weighted by molar-refractivity contribution is 0.605. The lowest BCUT2D eigenvalue weighted by Crippen LogP contribution is -2.21. The summed E-state index contributed by atoms with van der Waals surface area (Å²) in [6, 6.07) is 0.229. The molecule has 1 aromatic rings. The predicted octanol–water partition coefficient (Wildman–Crippen LogP) is 2.27. The number of nitrogens with zero attached hydrogens (tertiary/aromatic N) is 2. The Morgan fingerprint density at radius 1 is 1.44 bits per heavy atom. The molecule has 0 aromatic carbocycles.